The molecule has 22 heavy (non-hydrogen) atoms. The Morgan fingerprint density at radius 1 is 1.14 bits per heavy atom. The summed E-state index contributed by atoms with van der Waals surface area (Å²) in [6, 6.07) is 14.6. The summed E-state index contributed by atoms with van der Waals surface area (Å²) in [4.78, 5) is 1.26. The van der Waals surface area contributed by atoms with E-state index in [1.54, 1.807) is 24.3 Å². The number of hydrogen-bond acceptors (Lipinski definition) is 1. The first-order chi connectivity index (χ1) is 10.5. The van der Waals surface area contributed by atoms with E-state index in [1.807, 2.05) is 51.1 Å². The second-order valence-electron chi connectivity index (χ2n) is 5.60. The highest BCUT2D eigenvalue weighted by atomic mass is 32.2. The van der Waals surface area contributed by atoms with Gasteiger partial charge >= 0.3 is 0 Å². The Morgan fingerprint density at radius 2 is 1.77 bits per heavy atom. The molecule has 0 spiro atoms. The Kier molecular flexibility index (Phi) is 5.67. The fourth-order valence-corrected chi connectivity index (χ4v) is 3.41. The molecule has 0 fully saturated rings. The minimum Gasteiger partial charge on any atom is -0.249 e. The van der Waals surface area contributed by atoms with Crippen LogP contribution in [-0.2, 0) is 10.8 Å². The van der Waals surface area contributed by atoms with E-state index in [9.17, 15) is 8.60 Å². The Balaban J connectivity index is 2.33. The van der Waals surface area contributed by atoms with Gasteiger partial charge in [-0.05, 0) is 39.0 Å². The zero-order chi connectivity index (χ0) is 16.1. The van der Waals surface area contributed by atoms with Crippen molar-refractivity contribution in [3.63, 3.8) is 0 Å². The van der Waals surface area contributed by atoms with Crippen molar-refractivity contribution in [3.05, 3.63) is 71.3 Å². The maximum absolute atomic E-state index is 14.5. The maximum atomic E-state index is 14.5. The van der Waals surface area contributed by atoms with Crippen molar-refractivity contribution in [2.45, 2.75) is 43.2 Å². The molecule has 116 valence electrons. The van der Waals surface area contributed by atoms with Crippen LogP contribution in [0.2, 0.25) is 0 Å². The molecule has 0 amide bonds. The topological polar surface area (TPSA) is 17.1 Å². The first-order valence-electron chi connectivity index (χ1n) is 7.34. The van der Waals surface area contributed by atoms with Gasteiger partial charge in [0.15, 0.2) is 0 Å². The normalized spacial score (nSPS) is 13.5. The van der Waals surface area contributed by atoms with Gasteiger partial charge in [-0.15, -0.1) is 0 Å². The molecule has 1 unspecified atom stereocenters. The van der Waals surface area contributed by atoms with Gasteiger partial charge < -0.3 is 0 Å². The Morgan fingerprint density at radius 3 is 2.41 bits per heavy atom. The Labute approximate surface area is 134 Å². The molecule has 0 radical (unpaired) electrons. The van der Waals surface area contributed by atoms with Crippen molar-refractivity contribution in [3.8, 4) is 0 Å². The smallest absolute Gasteiger partial charge is 0.130 e. The largest absolute Gasteiger partial charge is 0.249 e. The third kappa shape index (κ3) is 4.14. The molecular weight excluding hydrogens is 295 g/mol. The first kappa shape index (κ1) is 16.6. The highest BCUT2D eigenvalue weighted by molar-refractivity contribution is 7.85. The van der Waals surface area contributed by atoms with Crippen LogP contribution in [0.1, 0.15) is 37.6 Å². The van der Waals surface area contributed by atoms with Gasteiger partial charge in [-0.3, -0.25) is 0 Å². The average molecular weight is 316 g/mol. The van der Waals surface area contributed by atoms with Crippen molar-refractivity contribution in [1.29, 1.82) is 0 Å². The van der Waals surface area contributed by atoms with Crippen LogP contribution in [0.25, 0.3) is 0 Å². The summed E-state index contributed by atoms with van der Waals surface area (Å²) < 4.78 is 27.3. The van der Waals surface area contributed by atoms with Crippen LogP contribution >= 0.6 is 0 Å². The molecule has 2 rings (SSSR count). The molecule has 3 heteroatoms. The third-order valence-corrected chi connectivity index (χ3v) is 4.90. The number of aryl methyl sites for hydroxylation is 1. The molecule has 0 bridgehead atoms. The molecule has 1 nitrogen and oxygen atoms in total. The van der Waals surface area contributed by atoms with E-state index in [0.29, 0.717) is 21.8 Å². The lowest BCUT2D eigenvalue weighted by Gasteiger charge is -2.12. The maximum Gasteiger partial charge on any atom is 0.130 e. The van der Waals surface area contributed by atoms with E-state index in [0.717, 1.165) is 11.1 Å². The lowest BCUT2D eigenvalue weighted by Crippen LogP contribution is -2.01. The van der Waals surface area contributed by atoms with Crippen LogP contribution in [0.15, 0.2) is 70.0 Å². The number of hydrogen-bond donors (Lipinski definition) is 0. The number of allylic oxidation sites excluding steroid dienone is 2. The van der Waals surface area contributed by atoms with E-state index in [2.05, 4.69) is 0 Å². The molecule has 0 N–H and O–H groups in total. The van der Waals surface area contributed by atoms with Crippen molar-refractivity contribution in [2.24, 2.45) is 0 Å². The van der Waals surface area contributed by atoms with Crippen molar-refractivity contribution < 1.29 is 8.60 Å². The van der Waals surface area contributed by atoms with Crippen molar-refractivity contribution in [1.82, 2.24) is 0 Å². The summed E-state index contributed by atoms with van der Waals surface area (Å²) in [5, 5.41) is 0. The third-order valence-electron chi connectivity index (χ3n) is 3.42. The van der Waals surface area contributed by atoms with Crippen LogP contribution in [0.4, 0.5) is 4.39 Å². The van der Waals surface area contributed by atoms with Gasteiger partial charge in [0.1, 0.15) is 6.17 Å². The quantitative estimate of drug-likeness (QED) is 0.663. The van der Waals surface area contributed by atoms with E-state index in [4.69, 9.17) is 0 Å². The molecule has 0 saturated carbocycles. The van der Waals surface area contributed by atoms with E-state index in [1.165, 1.54) is 0 Å². The van der Waals surface area contributed by atoms with Gasteiger partial charge in [-0.25, -0.2) is 8.60 Å². The predicted octanol–water partition coefficient (Wildman–Crippen LogP) is 5.53. The molecular formula is C19H21FOS. The standard InChI is InChI=1S/C19H21FOS/c1-14(2)8-13-18(20)17-6-4-5-7-19(17)22(21)16-11-9-15(3)10-12-16/h4-12,18H,13H2,1-3H3/t18-,22?/m0/s1. The molecule has 0 aliphatic heterocycles. The molecule has 0 saturated heterocycles. The van der Waals surface area contributed by atoms with Gasteiger partial charge in [-0.2, -0.15) is 0 Å². The highest BCUT2D eigenvalue weighted by Crippen LogP contribution is 2.30. The van der Waals surface area contributed by atoms with Gasteiger partial charge in [-0.1, -0.05) is 47.5 Å². The average Bonchev–Trinajstić information content (AvgIpc) is 2.52. The second-order valence-corrected chi connectivity index (χ2v) is 7.05. The van der Waals surface area contributed by atoms with Crippen molar-refractivity contribution in [2.75, 3.05) is 0 Å². The molecule has 2 aromatic rings. The summed E-state index contributed by atoms with van der Waals surface area (Å²) in [5.74, 6) is 0. The minimum atomic E-state index is -1.36. The van der Waals surface area contributed by atoms with Crippen LogP contribution < -0.4 is 0 Å². The monoisotopic (exact) mass is 316 g/mol. The van der Waals surface area contributed by atoms with Crippen molar-refractivity contribution >= 4 is 10.8 Å². The number of halogens is 1. The molecule has 0 aromatic heterocycles. The number of rotatable bonds is 5. The fraction of sp³-hybridized carbons (Fsp3) is 0.263. The summed E-state index contributed by atoms with van der Waals surface area (Å²) in [6.07, 6.45) is 1.04. The molecule has 0 aliphatic rings. The second kappa shape index (κ2) is 7.50. The van der Waals surface area contributed by atoms with E-state index < -0.39 is 17.0 Å². The van der Waals surface area contributed by atoms with E-state index >= 15 is 0 Å². The highest BCUT2D eigenvalue weighted by Gasteiger charge is 2.18. The lowest BCUT2D eigenvalue weighted by molar-refractivity contribution is 0.342. The van der Waals surface area contributed by atoms with Crippen LogP contribution in [0.5, 0.6) is 0 Å². The predicted molar refractivity (Wildman–Crippen MR) is 90.2 cm³/mol. The number of benzene rings is 2. The molecule has 0 heterocycles. The van der Waals surface area contributed by atoms with E-state index in [-0.39, 0.29) is 0 Å². The first-order valence-corrected chi connectivity index (χ1v) is 8.49. The number of alkyl halides is 1. The molecule has 2 atom stereocenters. The summed E-state index contributed by atoms with van der Waals surface area (Å²) in [5.41, 5.74) is 2.71. The summed E-state index contributed by atoms with van der Waals surface area (Å²) in [7, 11) is -1.36. The zero-order valence-corrected chi connectivity index (χ0v) is 14.0. The molecule has 2 aromatic carbocycles. The minimum absolute atomic E-state index is 0.310. The van der Waals surface area contributed by atoms with Gasteiger partial charge in [0, 0.05) is 21.8 Å². The van der Waals surface area contributed by atoms with Gasteiger partial charge in [0.05, 0.1) is 10.8 Å². The Hall–Kier alpha value is -1.74. The van der Waals surface area contributed by atoms with Crippen LogP contribution in [-0.4, -0.2) is 4.21 Å². The lowest BCUT2D eigenvalue weighted by atomic mass is 10.1. The van der Waals surface area contributed by atoms with Crippen LogP contribution in [0.3, 0.4) is 0 Å². The SMILES string of the molecule is CC(C)=CC[C@H](F)c1ccccc1S(=O)c1ccc(C)cc1. The zero-order valence-electron chi connectivity index (χ0n) is 13.2. The van der Waals surface area contributed by atoms with Gasteiger partial charge in [0.2, 0.25) is 0 Å². The van der Waals surface area contributed by atoms with Gasteiger partial charge in [0.25, 0.3) is 0 Å². The Bertz CT molecular complexity index is 685. The van der Waals surface area contributed by atoms with Crippen LogP contribution in [0, 0.1) is 6.92 Å². The fourth-order valence-electron chi connectivity index (χ4n) is 2.16. The summed E-state index contributed by atoms with van der Waals surface area (Å²) >= 11 is 0. The molecule has 0 aliphatic carbocycles. The summed E-state index contributed by atoms with van der Waals surface area (Å²) in [6.45, 7) is 5.88.